The summed E-state index contributed by atoms with van der Waals surface area (Å²) in [5.74, 6) is 1.42. The molecule has 0 unspecified atom stereocenters. The van der Waals surface area contributed by atoms with Gasteiger partial charge in [-0.3, -0.25) is 0 Å². The Kier molecular flexibility index (Phi) is 6.77. The molecular formula is C21H24Cl2N6. The lowest BCUT2D eigenvalue weighted by molar-refractivity contribution is 0.815. The Labute approximate surface area is 181 Å². The van der Waals surface area contributed by atoms with Crippen molar-refractivity contribution in [2.24, 2.45) is 0 Å². The van der Waals surface area contributed by atoms with Gasteiger partial charge in [-0.1, -0.05) is 35.3 Å². The van der Waals surface area contributed by atoms with E-state index in [2.05, 4.69) is 62.5 Å². The minimum Gasteiger partial charge on any atom is -0.341 e. The van der Waals surface area contributed by atoms with E-state index in [1.54, 1.807) is 18.2 Å². The van der Waals surface area contributed by atoms with Gasteiger partial charge in [-0.2, -0.15) is 15.0 Å². The Bertz CT molecular complexity index is 933. The van der Waals surface area contributed by atoms with Crippen LogP contribution in [0.2, 0.25) is 10.0 Å². The third-order valence-electron chi connectivity index (χ3n) is 4.48. The number of aromatic nitrogens is 3. The van der Waals surface area contributed by atoms with Gasteiger partial charge in [0.25, 0.3) is 0 Å². The molecule has 1 aromatic heterocycles. The second-order valence-electron chi connectivity index (χ2n) is 6.65. The van der Waals surface area contributed by atoms with Gasteiger partial charge in [0.2, 0.25) is 17.8 Å². The van der Waals surface area contributed by atoms with Crippen molar-refractivity contribution in [2.45, 2.75) is 27.7 Å². The molecule has 0 atom stereocenters. The Morgan fingerprint density at radius 1 is 0.828 bits per heavy atom. The van der Waals surface area contributed by atoms with E-state index in [-0.39, 0.29) is 0 Å². The predicted molar refractivity (Wildman–Crippen MR) is 122 cm³/mol. The molecule has 0 aliphatic carbocycles. The van der Waals surface area contributed by atoms with Crippen molar-refractivity contribution in [3.63, 3.8) is 0 Å². The number of benzene rings is 2. The van der Waals surface area contributed by atoms with Gasteiger partial charge in [-0.25, -0.2) is 0 Å². The molecule has 2 aromatic carbocycles. The smallest absolute Gasteiger partial charge is 0.233 e. The summed E-state index contributed by atoms with van der Waals surface area (Å²) in [5.41, 5.74) is 3.84. The van der Waals surface area contributed by atoms with Crippen LogP contribution in [-0.2, 0) is 0 Å². The van der Waals surface area contributed by atoms with Crippen molar-refractivity contribution < 1.29 is 0 Å². The fourth-order valence-electron chi connectivity index (χ4n) is 2.83. The first-order chi connectivity index (χ1) is 13.9. The quantitative estimate of drug-likeness (QED) is 0.469. The van der Waals surface area contributed by atoms with Gasteiger partial charge in [0.15, 0.2) is 0 Å². The highest BCUT2D eigenvalue weighted by molar-refractivity contribution is 6.35. The van der Waals surface area contributed by atoms with Crippen LogP contribution in [0.15, 0.2) is 36.4 Å². The van der Waals surface area contributed by atoms with Crippen molar-refractivity contribution in [3.8, 4) is 0 Å². The summed E-state index contributed by atoms with van der Waals surface area (Å²) in [5, 5.41) is 7.59. The zero-order valence-electron chi connectivity index (χ0n) is 16.9. The highest BCUT2D eigenvalue weighted by atomic mass is 35.5. The van der Waals surface area contributed by atoms with Crippen LogP contribution in [0.4, 0.5) is 29.2 Å². The molecule has 0 radical (unpaired) electrons. The monoisotopic (exact) mass is 430 g/mol. The van der Waals surface area contributed by atoms with Crippen LogP contribution < -0.4 is 15.5 Å². The lowest BCUT2D eigenvalue weighted by Crippen LogP contribution is -2.25. The lowest BCUT2D eigenvalue weighted by Gasteiger charge is -2.20. The maximum atomic E-state index is 6.29. The molecule has 1 heterocycles. The van der Waals surface area contributed by atoms with E-state index in [9.17, 15) is 0 Å². The Morgan fingerprint density at radius 3 is 2.14 bits per heavy atom. The summed E-state index contributed by atoms with van der Waals surface area (Å²) in [4.78, 5) is 15.8. The van der Waals surface area contributed by atoms with Gasteiger partial charge >= 0.3 is 0 Å². The van der Waals surface area contributed by atoms with Crippen molar-refractivity contribution in [2.75, 3.05) is 28.6 Å². The molecule has 3 rings (SSSR count). The average molecular weight is 431 g/mol. The SMILES string of the molecule is CCN(CC)c1nc(Nc2cc(C)ccc2C)nc(Nc2cc(Cl)ccc2Cl)n1. The van der Waals surface area contributed by atoms with Gasteiger partial charge in [-0.15, -0.1) is 0 Å². The highest BCUT2D eigenvalue weighted by Gasteiger charge is 2.13. The van der Waals surface area contributed by atoms with E-state index >= 15 is 0 Å². The lowest BCUT2D eigenvalue weighted by atomic mass is 10.1. The molecule has 152 valence electrons. The number of nitrogens with one attached hydrogen (secondary N) is 2. The number of halogens is 2. The first-order valence-corrected chi connectivity index (χ1v) is 10.2. The number of anilines is 5. The molecule has 2 N–H and O–H groups in total. The summed E-state index contributed by atoms with van der Waals surface area (Å²) >= 11 is 12.4. The summed E-state index contributed by atoms with van der Waals surface area (Å²) in [6.45, 7) is 9.77. The van der Waals surface area contributed by atoms with Gasteiger partial charge in [-0.05, 0) is 63.1 Å². The molecular weight excluding hydrogens is 407 g/mol. The van der Waals surface area contributed by atoms with Crippen molar-refractivity contribution in [1.82, 2.24) is 15.0 Å². The van der Waals surface area contributed by atoms with Crippen molar-refractivity contribution >= 4 is 52.4 Å². The molecule has 8 heteroatoms. The third-order valence-corrected chi connectivity index (χ3v) is 5.05. The van der Waals surface area contributed by atoms with Crippen LogP contribution >= 0.6 is 23.2 Å². The summed E-state index contributed by atoms with van der Waals surface area (Å²) in [6, 6.07) is 11.4. The second kappa shape index (κ2) is 9.29. The maximum absolute atomic E-state index is 6.29. The van der Waals surface area contributed by atoms with E-state index in [1.165, 1.54) is 0 Å². The fourth-order valence-corrected chi connectivity index (χ4v) is 3.17. The minimum absolute atomic E-state index is 0.388. The van der Waals surface area contributed by atoms with Crippen LogP contribution in [0.1, 0.15) is 25.0 Å². The zero-order chi connectivity index (χ0) is 21.0. The van der Waals surface area contributed by atoms with E-state index in [0.29, 0.717) is 33.6 Å². The largest absolute Gasteiger partial charge is 0.341 e. The number of aryl methyl sites for hydroxylation is 2. The highest BCUT2D eigenvalue weighted by Crippen LogP contribution is 2.29. The van der Waals surface area contributed by atoms with Crippen LogP contribution in [-0.4, -0.2) is 28.0 Å². The Hall–Kier alpha value is -2.57. The van der Waals surface area contributed by atoms with E-state index < -0.39 is 0 Å². The molecule has 3 aromatic rings. The van der Waals surface area contributed by atoms with Crippen LogP contribution in [0.5, 0.6) is 0 Å². The molecule has 0 amide bonds. The van der Waals surface area contributed by atoms with Gasteiger partial charge < -0.3 is 15.5 Å². The van der Waals surface area contributed by atoms with Crippen molar-refractivity contribution in [1.29, 1.82) is 0 Å². The molecule has 6 nitrogen and oxygen atoms in total. The average Bonchev–Trinajstić information content (AvgIpc) is 2.68. The molecule has 0 bridgehead atoms. The topological polar surface area (TPSA) is 66.0 Å². The summed E-state index contributed by atoms with van der Waals surface area (Å²) in [7, 11) is 0. The van der Waals surface area contributed by atoms with Gasteiger partial charge in [0, 0.05) is 23.8 Å². The molecule has 0 saturated heterocycles. The Morgan fingerprint density at radius 2 is 1.48 bits per heavy atom. The number of rotatable bonds is 7. The summed E-state index contributed by atoms with van der Waals surface area (Å²) in [6.07, 6.45) is 0. The molecule has 0 fully saturated rings. The molecule has 29 heavy (non-hydrogen) atoms. The van der Waals surface area contributed by atoms with Crippen LogP contribution in [0.3, 0.4) is 0 Å². The third kappa shape index (κ3) is 5.28. The number of hydrogen-bond acceptors (Lipinski definition) is 6. The number of hydrogen-bond donors (Lipinski definition) is 2. The molecule has 0 aliphatic rings. The standard InChI is InChI=1S/C21H24Cl2N6/c1-5-29(6-2)21-27-19(24-17-11-13(3)7-8-14(17)4)26-20(28-21)25-18-12-15(22)9-10-16(18)23/h7-12H,5-6H2,1-4H3,(H2,24,25,26,27,28). The fraction of sp³-hybridized carbons (Fsp3) is 0.286. The van der Waals surface area contributed by atoms with E-state index in [0.717, 1.165) is 29.9 Å². The first-order valence-electron chi connectivity index (χ1n) is 9.47. The minimum atomic E-state index is 0.388. The Balaban J connectivity index is 2.01. The van der Waals surface area contributed by atoms with Crippen LogP contribution in [0.25, 0.3) is 0 Å². The van der Waals surface area contributed by atoms with Crippen LogP contribution in [0, 0.1) is 13.8 Å². The normalized spacial score (nSPS) is 10.7. The molecule has 0 spiro atoms. The first kappa shape index (κ1) is 21.1. The predicted octanol–water partition coefficient (Wildman–Crippen LogP) is 6.13. The van der Waals surface area contributed by atoms with Crippen molar-refractivity contribution in [3.05, 3.63) is 57.6 Å². The zero-order valence-corrected chi connectivity index (χ0v) is 18.4. The molecule has 0 saturated carbocycles. The van der Waals surface area contributed by atoms with E-state index in [4.69, 9.17) is 23.2 Å². The van der Waals surface area contributed by atoms with Gasteiger partial charge in [0.05, 0.1) is 10.7 Å². The molecule has 0 aliphatic heterocycles. The van der Waals surface area contributed by atoms with E-state index in [1.807, 2.05) is 13.8 Å². The number of nitrogens with zero attached hydrogens (tertiary/aromatic N) is 4. The van der Waals surface area contributed by atoms with Gasteiger partial charge in [0.1, 0.15) is 0 Å². The maximum Gasteiger partial charge on any atom is 0.233 e. The second-order valence-corrected chi connectivity index (χ2v) is 7.49. The summed E-state index contributed by atoms with van der Waals surface area (Å²) < 4.78 is 0.